The zero-order chi connectivity index (χ0) is 20.9. The summed E-state index contributed by atoms with van der Waals surface area (Å²) >= 11 is 1.29. The minimum atomic E-state index is -4.53. The van der Waals surface area contributed by atoms with Crippen molar-refractivity contribution in [3.05, 3.63) is 51.4 Å². The van der Waals surface area contributed by atoms with Crippen LogP contribution in [0, 0.1) is 11.3 Å². The number of nitrogens with one attached hydrogen (secondary N) is 2. The van der Waals surface area contributed by atoms with Crippen molar-refractivity contribution in [2.75, 3.05) is 5.32 Å². The van der Waals surface area contributed by atoms with Gasteiger partial charge in [-0.1, -0.05) is 6.07 Å². The average Bonchev–Trinajstić information content (AvgIpc) is 2.90. The molecule has 2 heterocycles. The topological polar surface area (TPSA) is 64.9 Å². The highest BCUT2D eigenvalue weighted by Crippen LogP contribution is 2.44. The molecule has 0 spiro atoms. The summed E-state index contributed by atoms with van der Waals surface area (Å²) in [6, 6.07) is 6.39. The van der Waals surface area contributed by atoms with Crippen LogP contribution >= 0.6 is 11.3 Å². The van der Waals surface area contributed by atoms with E-state index >= 15 is 0 Å². The fraction of sp³-hybridized carbons (Fsp3) is 0.400. The number of alkyl halides is 3. The highest BCUT2D eigenvalue weighted by molar-refractivity contribution is 7.17. The lowest BCUT2D eigenvalue weighted by Gasteiger charge is -2.42. The Hall–Kier alpha value is -2.37. The van der Waals surface area contributed by atoms with E-state index in [1.165, 1.54) is 23.5 Å². The molecule has 2 N–H and O–H groups in total. The monoisotopic (exact) mass is 407 g/mol. The van der Waals surface area contributed by atoms with Crippen LogP contribution in [0.15, 0.2) is 24.3 Å². The van der Waals surface area contributed by atoms with Crippen LogP contribution in [0.1, 0.15) is 59.6 Å². The summed E-state index contributed by atoms with van der Waals surface area (Å²) in [4.78, 5) is 13.5. The Balaban J connectivity index is 1.98. The molecule has 0 saturated carbocycles. The van der Waals surface area contributed by atoms with Crippen molar-refractivity contribution in [3.8, 4) is 6.07 Å². The molecule has 28 heavy (non-hydrogen) atoms. The second kappa shape index (κ2) is 6.61. The van der Waals surface area contributed by atoms with Crippen LogP contribution in [0.25, 0.3) is 0 Å². The number of amides is 1. The number of nitriles is 1. The van der Waals surface area contributed by atoms with E-state index in [-0.39, 0.29) is 11.1 Å². The number of halogens is 3. The van der Waals surface area contributed by atoms with E-state index in [1.54, 1.807) is 0 Å². The summed E-state index contributed by atoms with van der Waals surface area (Å²) in [6.07, 6.45) is -3.91. The maximum Gasteiger partial charge on any atom is 0.416 e. The highest BCUT2D eigenvalue weighted by atomic mass is 32.1. The van der Waals surface area contributed by atoms with Crippen molar-refractivity contribution in [2.45, 2.75) is 51.4 Å². The summed E-state index contributed by atoms with van der Waals surface area (Å²) in [5, 5.41) is 16.2. The molecule has 8 heteroatoms. The maximum absolute atomic E-state index is 12.9. The molecule has 4 nitrogen and oxygen atoms in total. The van der Waals surface area contributed by atoms with Crippen LogP contribution in [0.3, 0.4) is 0 Å². The number of hydrogen-bond acceptors (Lipinski definition) is 4. The van der Waals surface area contributed by atoms with Crippen LogP contribution in [0.4, 0.5) is 18.2 Å². The zero-order valence-corrected chi connectivity index (χ0v) is 16.7. The number of hydrogen-bond donors (Lipinski definition) is 2. The molecule has 1 amide bonds. The molecule has 0 radical (unpaired) electrons. The predicted octanol–water partition coefficient (Wildman–Crippen LogP) is 5.05. The fourth-order valence-electron chi connectivity index (χ4n) is 3.75. The van der Waals surface area contributed by atoms with E-state index in [9.17, 15) is 23.2 Å². The Morgan fingerprint density at radius 3 is 2.57 bits per heavy atom. The number of rotatable bonds is 2. The lowest BCUT2D eigenvalue weighted by Crippen LogP contribution is -2.54. The van der Waals surface area contributed by atoms with Crippen LogP contribution in [-0.2, 0) is 18.1 Å². The smallest absolute Gasteiger partial charge is 0.312 e. The molecule has 1 aromatic carbocycles. The predicted molar refractivity (Wildman–Crippen MR) is 102 cm³/mol. The Kier molecular flexibility index (Phi) is 4.80. The molecule has 3 rings (SSSR count). The quantitative estimate of drug-likeness (QED) is 0.732. The van der Waals surface area contributed by atoms with Crippen molar-refractivity contribution in [1.29, 1.82) is 5.26 Å². The summed E-state index contributed by atoms with van der Waals surface area (Å²) in [7, 11) is 0. The molecule has 1 aromatic heterocycles. The van der Waals surface area contributed by atoms with Crippen molar-refractivity contribution in [3.63, 3.8) is 0 Å². The minimum Gasteiger partial charge on any atom is -0.312 e. The molecule has 1 aliphatic heterocycles. The lowest BCUT2D eigenvalue weighted by molar-refractivity contribution is -0.137. The Bertz CT molecular complexity index is 984. The van der Waals surface area contributed by atoms with Crippen molar-refractivity contribution in [1.82, 2.24) is 5.32 Å². The SMILES string of the molecule is CC1(C)Cc2c(sc(NC(=O)c3cccc(C(F)(F)F)c3)c2C#N)C(C)(C)N1. The minimum absolute atomic E-state index is 0.109. The highest BCUT2D eigenvalue weighted by Gasteiger charge is 2.40. The van der Waals surface area contributed by atoms with Gasteiger partial charge in [0.1, 0.15) is 11.1 Å². The van der Waals surface area contributed by atoms with Gasteiger partial charge in [-0.25, -0.2) is 0 Å². The van der Waals surface area contributed by atoms with Gasteiger partial charge in [-0.3, -0.25) is 4.79 Å². The van der Waals surface area contributed by atoms with Gasteiger partial charge in [0.15, 0.2) is 0 Å². The van der Waals surface area contributed by atoms with Gasteiger partial charge in [0.2, 0.25) is 0 Å². The number of thiophene rings is 1. The molecule has 148 valence electrons. The van der Waals surface area contributed by atoms with E-state index in [4.69, 9.17) is 0 Å². The fourth-order valence-corrected chi connectivity index (χ4v) is 4.97. The molecule has 0 saturated heterocycles. The number of fused-ring (bicyclic) bond motifs is 1. The first-order valence-corrected chi connectivity index (χ1v) is 9.50. The van der Waals surface area contributed by atoms with E-state index in [0.29, 0.717) is 17.0 Å². The first kappa shape index (κ1) is 20.4. The van der Waals surface area contributed by atoms with Crippen molar-refractivity contribution >= 4 is 22.2 Å². The average molecular weight is 407 g/mol. The van der Waals surface area contributed by atoms with E-state index in [1.807, 2.05) is 27.7 Å². The van der Waals surface area contributed by atoms with Crippen molar-refractivity contribution < 1.29 is 18.0 Å². The van der Waals surface area contributed by atoms with Gasteiger partial charge >= 0.3 is 6.18 Å². The molecule has 2 aromatic rings. The number of nitrogens with zero attached hydrogens (tertiary/aromatic N) is 1. The molecule has 0 bridgehead atoms. The van der Waals surface area contributed by atoms with Crippen LogP contribution in [0.2, 0.25) is 0 Å². The van der Waals surface area contributed by atoms with E-state index in [0.717, 1.165) is 22.6 Å². The third kappa shape index (κ3) is 3.77. The first-order valence-electron chi connectivity index (χ1n) is 8.68. The zero-order valence-electron chi connectivity index (χ0n) is 15.9. The normalized spacial score (nSPS) is 17.5. The summed E-state index contributed by atoms with van der Waals surface area (Å²) < 4.78 is 38.7. The Morgan fingerprint density at radius 2 is 1.96 bits per heavy atom. The first-order chi connectivity index (χ1) is 12.8. The summed E-state index contributed by atoms with van der Waals surface area (Å²) in [5.74, 6) is -0.675. The molecular weight excluding hydrogens is 387 g/mol. The lowest BCUT2D eigenvalue weighted by atomic mass is 9.81. The summed E-state index contributed by atoms with van der Waals surface area (Å²) in [6.45, 7) is 8.08. The molecule has 0 unspecified atom stereocenters. The van der Waals surface area contributed by atoms with Gasteiger partial charge in [-0.2, -0.15) is 18.4 Å². The molecule has 0 fully saturated rings. The number of benzene rings is 1. The van der Waals surface area contributed by atoms with Crippen LogP contribution in [-0.4, -0.2) is 11.4 Å². The molecular formula is C20H20F3N3OS. The third-order valence-corrected chi connectivity index (χ3v) is 6.11. The second-order valence-corrected chi connectivity index (χ2v) is 9.09. The number of carbonyl (C=O) groups excluding carboxylic acids is 1. The number of anilines is 1. The van der Waals surface area contributed by atoms with Gasteiger partial charge in [0, 0.05) is 21.5 Å². The van der Waals surface area contributed by atoms with Gasteiger partial charge in [-0.15, -0.1) is 11.3 Å². The summed E-state index contributed by atoms with van der Waals surface area (Å²) in [5.41, 5.74) is -0.373. The number of carbonyl (C=O) groups is 1. The van der Waals surface area contributed by atoms with Crippen LogP contribution < -0.4 is 10.6 Å². The Labute approximate surface area is 165 Å². The maximum atomic E-state index is 12.9. The third-order valence-electron chi connectivity index (χ3n) is 4.64. The van der Waals surface area contributed by atoms with Crippen LogP contribution in [0.5, 0.6) is 0 Å². The van der Waals surface area contributed by atoms with Gasteiger partial charge in [0.25, 0.3) is 5.91 Å². The van der Waals surface area contributed by atoms with E-state index in [2.05, 4.69) is 16.7 Å². The van der Waals surface area contributed by atoms with Gasteiger partial charge in [-0.05, 0) is 57.9 Å². The van der Waals surface area contributed by atoms with Crippen molar-refractivity contribution in [2.24, 2.45) is 0 Å². The Morgan fingerprint density at radius 1 is 1.29 bits per heavy atom. The van der Waals surface area contributed by atoms with E-state index < -0.39 is 23.2 Å². The van der Waals surface area contributed by atoms with Gasteiger partial charge in [0.05, 0.1) is 11.1 Å². The molecule has 0 aliphatic carbocycles. The molecule has 0 atom stereocenters. The largest absolute Gasteiger partial charge is 0.416 e. The molecule has 1 aliphatic rings. The second-order valence-electron chi connectivity index (χ2n) is 8.07. The standard InChI is InChI=1S/C20H20F3N3OS/c1-18(2)9-13-14(10-24)17(28-15(13)19(3,4)26-18)25-16(27)11-6-5-7-12(8-11)20(21,22)23/h5-8,26H,9H2,1-4H3,(H,25,27). The van der Waals surface area contributed by atoms with Gasteiger partial charge < -0.3 is 10.6 Å².